The standard InChI is InChI=1S/C5H10O2S/c6-4-5(7)2-1-3-8/h3,5-7H,1-2,4H2/t5-/m0/s1. The van der Waals surface area contributed by atoms with E-state index in [9.17, 15) is 0 Å². The molecule has 2 N–H and O–H groups in total. The zero-order chi connectivity index (χ0) is 6.41. The van der Waals surface area contributed by atoms with E-state index >= 15 is 0 Å². The molecule has 0 heterocycles. The molecule has 0 aromatic carbocycles. The van der Waals surface area contributed by atoms with Gasteiger partial charge >= 0.3 is 0 Å². The van der Waals surface area contributed by atoms with Gasteiger partial charge in [0.2, 0.25) is 0 Å². The topological polar surface area (TPSA) is 40.5 Å². The maximum Gasteiger partial charge on any atom is 0.0774 e. The Morgan fingerprint density at radius 3 is 2.62 bits per heavy atom. The van der Waals surface area contributed by atoms with Crippen molar-refractivity contribution in [1.82, 2.24) is 0 Å². The first-order chi connectivity index (χ1) is 3.81. The molecule has 0 unspecified atom stereocenters. The lowest BCUT2D eigenvalue weighted by Crippen LogP contribution is -2.10. The molecule has 1 atom stereocenters. The zero-order valence-electron chi connectivity index (χ0n) is 4.58. The van der Waals surface area contributed by atoms with Crippen LogP contribution < -0.4 is 0 Å². The van der Waals surface area contributed by atoms with E-state index in [-0.39, 0.29) is 6.61 Å². The molecule has 0 amide bonds. The Kier molecular flexibility index (Phi) is 5.16. The van der Waals surface area contributed by atoms with Gasteiger partial charge in [0.1, 0.15) is 0 Å². The van der Waals surface area contributed by atoms with E-state index in [0.29, 0.717) is 12.8 Å². The smallest absolute Gasteiger partial charge is 0.0774 e. The first-order valence-electron chi connectivity index (χ1n) is 2.53. The van der Waals surface area contributed by atoms with Gasteiger partial charge in [-0.05, 0) is 18.2 Å². The van der Waals surface area contributed by atoms with Crippen molar-refractivity contribution in [2.24, 2.45) is 0 Å². The molecular formula is C5H10O2S. The molecule has 8 heavy (non-hydrogen) atoms. The summed E-state index contributed by atoms with van der Waals surface area (Å²) >= 11 is 4.50. The van der Waals surface area contributed by atoms with Gasteiger partial charge in [0.15, 0.2) is 0 Å². The normalized spacial score (nSPS) is 13.2. The fourth-order valence-corrected chi connectivity index (χ4v) is 0.488. The molecule has 0 radical (unpaired) electrons. The van der Waals surface area contributed by atoms with Crippen LogP contribution in [0, 0.1) is 0 Å². The van der Waals surface area contributed by atoms with Crippen molar-refractivity contribution >= 4 is 17.6 Å². The second-order valence-corrected chi connectivity index (χ2v) is 1.91. The molecule has 0 aliphatic heterocycles. The first-order valence-corrected chi connectivity index (χ1v) is 3.01. The van der Waals surface area contributed by atoms with Gasteiger partial charge < -0.3 is 10.2 Å². The summed E-state index contributed by atoms with van der Waals surface area (Å²) in [7, 11) is 0. The van der Waals surface area contributed by atoms with Crippen molar-refractivity contribution in [3.63, 3.8) is 0 Å². The highest BCUT2D eigenvalue weighted by atomic mass is 32.1. The summed E-state index contributed by atoms with van der Waals surface area (Å²) in [5, 5.41) is 18.5. The number of hydrogen-bond acceptors (Lipinski definition) is 3. The van der Waals surface area contributed by atoms with Crippen LogP contribution in [0.3, 0.4) is 0 Å². The third-order valence-electron chi connectivity index (χ3n) is 0.828. The SMILES string of the molecule is OC[C@@H](O)CCC=S. The lowest BCUT2D eigenvalue weighted by Gasteiger charge is -2.01. The van der Waals surface area contributed by atoms with E-state index in [4.69, 9.17) is 10.2 Å². The summed E-state index contributed by atoms with van der Waals surface area (Å²) in [6.07, 6.45) is 0.672. The minimum absolute atomic E-state index is 0.164. The van der Waals surface area contributed by atoms with Gasteiger partial charge in [0, 0.05) is 0 Å². The van der Waals surface area contributed by atoms with Crippen molar-refractivity contribution in [2.45, 2.75) is 18.9 Å². The average molecular weight is 134 g/mol. The molecule has 0 bridgehead atoms. The minimum Gasteiger partial charge on any atom is -0.394 e. The molecule has 48 valence electrons. The highest BCUT2D eigenvalue weighted by Crippen LogP contribution is 1.92. The summed E-state index contributed by atoms with van der Waals surface area (Å²) in [5.41, 5.74) is 0. The second-order valence-electron chi connectivity index (χ2n) is 1.58. The van der Waals surface area contributed by atoms with Crippen molar-refractivity contribution in [3.05, 3.63) is 0 Å². The predicted molar refractivity (Wildman–Crippen MR) is 36.0 cm³/mol. The van der Waals surface area contributed by atoms with Gasteiger partial charge in [-0.1, -0.05) is 12.2 Å². The molecule has 0 aliphatic rings. The molecule has 3 heteroatoms. The predicted octanol–water partition coefficient (Wildman–Crippen LogP) is 0.119. The summed E-state index contributed by atoms with van der Waals surface area (Å²) in [6, 6.07) is 0. The van der Waals surface area contributed by atoms with Gasteiger partial charge in [-0.3, -0.25) is 0 Å². The van der Waals surface area contributed by atoms with Crippen LogP contribution in [-0.2, 0) is 0 Å². The number of aliphatic hydroxyl groups is 2. The van der Waals surface area contributed by atoms with Crippen molar-refractivity contribution in [1.29, 1.82) is 0 Å². The Balaban J connectivity index is 2.97. The summed E-state index contributed by atoms with van der Waals surface area (Å²) in [6.45, 7) is -0.164. The van der Waals surface area contributed by atoms with E-state index in [1.54, 1.807) is 5.37 Å². The Bertz CT molecular complexity index is 65.4. The molecule has 0 rings (SSSR count). The van der Waals surface area contributed by atoms with Crippen molar-refractivity contribution in [3.8, 4) is 0 Å². The number of aliphatic hydroxyl groups excluding tert-OH is 2. The van der Waals surface area contributed by atoms with Gasteiger partial charge in [-0.2, -0.15) is 0 Å². The maximum atomic E-state index is 8.67. The number of thiocarbonyl (C=S) groups is 1. The highest BCUT2D eigenvalue weighted by molar-refractivity contribution is 7.78. The lowest BCUT2D eigenvalue weighted by atomic mass is 10.2. The summed E-state index contributed by atoms with van der Waals surface area (Å²) < 4.78 is 0. The third-order valence-corrected chi connectivity index (χ3v) is 1.06. The van der Waals surface area contributed by atoms with E-state index in [1.807, 2.05) is 0 Å². The lowest BCUT2D eigenvalue weighted by molar-refractivity contribution is 0.0903. The van der Waals surface area contributed by atoms with Crippen LogP contribution in [-0.4, -0.2) is 28.3 Å². The van der Waals surface area contributed by atoms with E-state index in [0.717, 1.165) is 0 Å². The third kappa shape index (κ3) is 4.18. The van der Waals surface area contributed by atoms with Crippen LogP contribution in [0.15, 0.2) is 0 Å². The molecule has 0 spiro atoms. The number of rotatable bonds is 4. The van der Waals surface area contributed by atoms with Crippen molar-refractivity contribution < 1.29 is 10.2 Å². The zero-order valence-corrected chi connectivity index (χ0v) is 5.40. The van der Waals surface area contributed by atoms with E-state index in [2.05, 4.69) is 12.2 Å². The largest absolute Gasteiger partial charge is 0.394 e. The number of hydrogen-bond donors (Lipinski definition) is 2. The quantitative estimate of drug-likeness (QED) is 0.536. The Morgan fingerprint density at radius 1 is 1.62 bits per heavy atom. The molecule has 0 aromatic heterocycles. The molecular weight excluding hydrogens is 124 g/mol. The van der Waals surface area contributed by atoms with Crippen LogP contribution in [0.25, 0.3) is 0 Å². The fraction of sp³-hybridized carbons (Fsp3) is 0.800. The van der Waals surface area contributed by atoms with Crippen LogP contribution in [0.2, 0.25) is 0 Å². The summed E-state index contributed by atoms with van der Waals surface area (Å²) in [5.74, 6) is 0. The molecule has 0 saturated carbocycles. The maximum absolute atomic E-state index is 8.67. The first kappa shape index (κ1) is 8.01. The van der Waals surface area contributed by atoms with Crippen LogP contribution in [0.5, 0.6) is 0 Å². The minimum atomic E-state index is -0.589. The Morgan fingerprint density at radius 2 is 2.25 bits per heavy atom. The van der Waals surface area contributed by atoms with Crippen molar-refractivity contribution in [2.75, 3.05) is 6.61 Å². The fourth-order valence-electron chi connectivity index (χ4n) is 0.352. The van der Waals surface area contributed by atoms with E-state index in [1.165, 1.54) is 0 Å². The van der Waals surface area contributed by atoms with Crippen LogP contribution in [0.1, 0.15) is 12.8 Å². The Hall–Kier alpha value is 0.01000. The van der Waals surface area contributed by atoms with Gasteiger partial charge in [-0.15, -0.1) is 0 Å². The molecule has 0 fully saturated rings. The van der Waals surface area contributed by atoms with Gasteiger partial charge in [-0.25, -0.2) is 0 Å². The van der Waals surface area contributed by atoms with Crippen LogP contribution >= 0.6 is 12.2 Å². The van der Waals surface area contributed by atoms with E-state index < -0.39 is 6.10 Å². The second kappa shape index (κ2) is 5.15. The average Bonchev–Trinajstić information content (AvgIpc) is 1.83. The molecule has 2 nitrogen and oxygen atoms in total. The van der Waals surface area contributed by atoms with Gasteiger partial charge in [0.25, 0.3) is 0 Å². The molecule has 0 aliphatic carbocycles. The Labute approximate surface area is 54.1 Å². The van der Waals surface area contributed by atoms with Crippen LogP contribution in [0.4, 0.5) is 0 Å². The molecule has 0 saturated heterocycles. The van der Waals surface area contributed by atoms with Gasteiger partial charge in [0.05, 0.1) is 12.7 Å². The molecule has 0 aromatic rings. The summed E-state index contributed by atoms with van der Waals surface area (Å²) in [4.78, 5) is 0. The highest BCUT2D eigenvalue weighted by Gasteiger charge is 1.97. The monoisotopic (exact) mass is 134 g/mol.